The van der Waals surface area contributed by atoms with Crippen molar-refractivity contribution in [3.05, 3.63) is 87.3 Å². The first-order valence-electron chi connectivity index (χ1n) is 10.5. The summed E-state index contributed by atoms with van der Waals surface area (Å²) in [6, 6.07) is 16.0. The van der Waals surface area contributed by atoms with E-state index in [0.717, 1.165) is 41.7 Å². The Labute approximate surface area is 190 Å². The normalized spacial score (nSPS) is 12.5. The lowest BCUT2D eigenvalue weighted by molar-refractivity contribution is 0.0600. The van der Waals surface area contributed by atoms with Gasteiger partial charge in [-0.1, -0.05) is 30.3 Å². The van der Waals surface area contributed by atoms with Gasteiger partial charge in [0.15, 0.2) is 0 Å². The Morgan fingerprint density at radius 2 is 1.59 bits per heavy atom. The van der Waals surface area contributed by atoms with E-state index in [1.54, 1.807) is 24.3 Å². The van der Waals surface area contributed by atoms with Crippen molar-refractivity contribution in [3.8, 4) is 0 Å². The number of hydrogen-bond acceptors (Lipinski definition) is 5. The maximum Gasteiger partial charge on any atom is 0.337 e. The van der Waals surface area contributed by atoms with Gasteiger partial charge in [0.25, 0.3) is 11.8 Å². The summed E-state index contributed by atoms with van der Waals surface area (Å²) < 4.78 is 4.69. The summed E-state index contributed by atoms with van der Waals surface area (Å²) in [5, 5.41) is 6.50. The highest BCUT2D eigenvalue weighted by atomic mass is 32.1. The minimum Gasteiger partial charge on any atom is -0.465 e. The van der Waals surface area contributed by atoms with Gasteiger partial charge in [-0.2, -0.15) is 0 Å². The first kappa shape index (κ1) is 21.8. The third kappa shape index (κ3) is 4.73. The lowest BCUT2D eigenvalue weighted by atomic mass is 9.95. The van der Waals surface area contributed by atoms with Crippen molar-refractivity contribution in [2.75, 3.05) is 12.4 Å². The van der Waals surface area contributed by atoms with Crippen LogP contribution in [0.4, 0.5) is 5.00 Å². The van der Waals surface area contributed by atoms with Gasteiger partial charge in [-0.15, -0.1) is 11.3 Å². The number of ether oxygens (including phenoxy) is 1. The molecule has 2 N–H and O–H groups in total. The van der Waals surface area contributed by atoms with E-state index in [1.807, 2.05) is 30.3 Å². The van der Waals surface area contributed by atoms with Crippen LogP contribution in [-0.2, 0) is 24.1 Å². The Morgan fingerprint density at radius 1 is 0.906 bits per heavy atom. The van der Waals surface area contributed by atoms with Gasteiger partial charge in [0.05, 0.1) is 18.2 Å². The summed E-state index contributed by atoms with van der Waals surface area (Å²) >= 11 is 1.48. The molecule has 6 nitrogen and oxygen atoms in total. The maximum absolute atomic E-state index is 13.1. The number of fused-ring (bicyclic) bond motifs is 1. The molecule has 0 saturated carbocycles. The van der Waals surface area contributed by atoms with Gasteiger partial charge < -0.3 is 15.4 Å². The number of thiophene rings is 1. The number of anilines is 1. The van der Waals surface area contributed by atoms with Crippen LogP contribution in [-0.4, -0.2) is 24.9 Å². The summed E-state index contributed by atoms with van der Waals surface area (Å²) in [6.07, 6.45) is 3.87. The highest BCUT2D eigenvalue weighted by Crippen LogP contribution is 2.38. The lowest BCUT2D eigenvalue weighted by Crippen LogP contribution is -2.25. The first-order valence-corrected chi connectivity index (χ1v) is 11.3. The molecule has 0 bridgehead atoms. The van der Waals surface area contributed by atoms with Gasteiger partial charge in [-0.3, -0.25) is 9.59 Å². The Hall–Kier alpha value is -3.45. The SMILES string of the molecule is COC(=O)c1ccc(C(=O)Nc2sc3c(c2C(=O)NCc2ccccc2)CCCC3)cc1. The Morgan fingerprint density at radius 3 is 2.31 bits per heavy atom. The van der Waals surface area contributed by atoms with Crippen LogP contribution < -0.4 is 10.6 Å². The number of carbonyl (C=O) groups excluding carboxylic acids is 3. The Balaban J connectivity index is 1.55. The standard InChI is InChI=1S/C25H24N2O4S/c1-31-25(30)18-13-11-17(12-14-18)22(28)27-24-21(19-9-5-6-10-20(19)32-24)23(29)26-15-16-7-3-2-4-8-16/h2-4,7-8,11-14H,5-6,9-10,15H2,1H3,(H,26,29)(H,27,28). The van der Waals surface area contributed by atoms with Gasteiger partial charge >= 0.3 is 5.97 Å². The molecule has 0 atom stereocenters. The zero-order chi connectivity index (χ0) is 22.5. The highest BCUT2D eigenvalue weighted by Gasteiger charge is 2.26. The topological polar surface area (TPSA) is 84.5 Å². The summed E-state index contributed by atoms with van der Waals surface area (Å²) in [5.74, 6) is -0.957. The van der Waals surface area contributed by atoms with Gasteiger partial charge in [0.2, 0.25) is 0 Å². The number of aryl methyl sites for hydroxylation is 1. The van der Waals surface area contributed by atoms with Crippen LogP contribution in [0.25, 0.3) is 0 Å². The Kier molecular flexibility index (Phi) is 6.66. The molecular formula is C25H24N2O4S. The smallest absolute Gasteiger partial charge is 0.337 e. The maximum atomic E-state index is 13.1. The van der Waals surface area contributed by atoms with Crippen LogP contribution in [0.5, 0.6) is 0 Å². The van der Waals surface area contributed by atoms with Crippen molar-refractivity contribution in [2.45, 2.75) is 32.2 Å². The molecule has 0 saturated heterocycles. The van der Waals surface area contributed by atoms with Crippen LogP contribution in [0.15, 0.2) is 54.6 Å². The average Bonchev–Trinajstić information content (AvgIpc) is 3.20. The minimum atomic E-state index is -0.458. The molecule has 0 unspecified atom stereocenters. The third-order valence-electron chi connectivity index (χ3n) is 5.49. The predicted molar refractivity (Wildman–Crippen MR) is 124 cm³/mol. The first-order chi connectivity index (χ1) is 15.6. The largest absolute Gasteiger partial charge is 0.465 e. The molecule has 0 radical (unpaired) electrons. The van der Waals surface area contributed by atoms with E-state index in [1.165, 1.54) is 18.4 Å². The molecule has 164 valence electrons. The van der Waals surface area contributed by atoms with Crippen molar-refractivity contribution in [2.24, 2.45) is 0 Å². The van der Waals surface area contributed by atoms with Gasteiger partial charge in [0.1, 0.15) is 5.00 Å². The molecule has 1 aliphatic rings. The summed E-state index contributed by atoms with van der Waals surface area (Å²) in [6.45, 7) is 0.423. The van der Waals surface area contributed by atoms with E-state index in [-0.39, 0.29) is 11.8 Å². The second-order valence-corrected chi connectivity index (χ2v) is 8.71. The molecule has 3 aromatic rings. The van der Waals surface area contributed by atoms with Gasteiger partial charge in [-0.05, 0) is 61.1 Å². The molecule has 0 spiro atoms. The molecule has 1 heterocycles. The van der Waals surface area contributed by atoms with E-state index in [4.69, 9.17) is 4.74 Å². The number of methoxy groups -OCH3 is 1. The quantitative estimate of drug-likeness (QED) is 0.540. The summed E-state index contributed by atoms with van der Waals surface area (Å²) in [4.78, 5) is 38.8. The predicted octanol–water partition coefficient (Wildman–Crippen LogP) is 4.60. The van der Waals surface area contributed by atoms with E-state index >= 15 is 0 Å². The van der Waals surface area contributed by atoms with Crippen molar-refractivity contribution in [1.82, 2.24) is 5.32 Å². The lowest BCUT2D eigenvalue weighted by Gasteiger charge is -2.13. The minimum absolute atomic E-state index is 0.176. The Bertz CT molecular complexity index is 1140. The molecular weight excluding hydrogens is 424 g/mol. The van der Waals surface area contributed by atoms with Crippen LogP contribution in [0.3, 0.4) is 0 Å². The third-order valence-corrected chi connectivity index (χ3v) is 6.70. The average molecular weight is 449 g/mol. The molecule has 1 aliphatic carbocycles. The highest BCUT2D eigenvalue weighted by molar-refractivity contribution is 7.17. The molecule has 4 rings (SSSR count). The van der Waals surface area contributed by atoms with Crippen molar-refractivity contribution in [3.63, 3.8) is 0 Å². The molecule has 2 aromatic carbocycles. The molecule has 1 aromatic heterocycles. The van der Waals surface area contributed by atoms with E-state index in [9.17, 15) is 14.4 Å². The van der Waals surface area contributed by atoms with Crippen molar-refractivity contribution < 1.29 is 19.1 Å². The van der Waals surface area contributed by atoms with E-state index in [2.05, 4.69) is 10.6 Å². The molecule has 0 fully saturated rings. The number of benzene rings is 2. The molecule has 2 amide bonds. The zero-order valence-electron chi connectivity index (χ0n) is 17.8. The summed E-state index contributed by atoms with van der Waals surface area (Å²) in [7, 11) is 1.31. The fourth-order valence-electron chi connectivity index (χ4n) is 3.81. The molecule has 0 aliphatic heterocycles. The van der Waals surface area contributed by atoms with Crippen LogP contribution >= 0.6 is 11.3 Å². The number of hydrogen-bond donors (Lipinski definition) is 2. The molecule has 7 heteroatoms. The zero-order valence-corrected chi connectivity index (χ0v) is 18.6. The number of amides is 2. The van der Waals surface area contributed by atoms with Crippen molar-refractivity contribution >= 4 is 34.1 Å². The number of carbonyl (C=O) groups is 3. The molecule has 32 heavy (non-hydrogen) atoms. The second kappa shape index (κ2) is 9.78. The van der Waals surface area contributed by atoms with Crippen molar-refractivity contribution in [1.29, 1.82) is 0 Å². The van der Waals surface area contributed by atoms with E-state index in [0.29, 0.717) is 28.2 Å². The number of nitrogens with one attached hydrogen (secondary N) is 2. The van der Waals surface area contributed by atoms with Crippen LogP contribution in [0, 0.1) is 0 Å². The summed E-state index contributed by atoms with van der Waals surface area (Å²) in [5.41, 5.74) is 3.40. The van der Waals surface area contributed by atoms with Crippen LogP contribution in [0.1, 0.15) is 59.9 Å². The number of esters is 1. The van der Waals surface area contributed by atoms with E-state index < -0.39 is 5.97 Å². The van der Waals surface area contributed by atoms with Crippen LogP contribution in [0.2, 0.25) is 0 Å². The fourth-order valence-corrected chi connectivity index (χ4v) is 5.09. The van der Waals surface area contributed by atoms with Gasteiger partial charge in [0, 0.05) is 17.0 Å². The monoisotopic (exact) mass is 448 g/mol. The second-order valence-electron chi connectivity index (χ2n) is 7.61. The number of rotatable bonds is 6. The van der Waals surface area contributed by atoms with Gasteiger partial charge in [-0.25, -0.2) is 4.79 Å². The fraction of sp³-hybridized carbons (Fsp3) is 0.240.